The van der Waals surface area contributed by atoms with Gasteiger partial charge in [0.15, 0.2) is 15.9 Å². The van der Waals surface area contributed by atoms with Gasteiger partial charge in [0.2, 0.25) is 5.91 Å². The van der Waals surface area contributed by atoms with Crippen LogP contribution >= 0.6 is 23.1 Å². The van der Waals surface area contributed by atoms with Crippen LogP contribution in [0.5, 0.6) is 0 Å². The smallest absolute Gasteiger partial charge is 0.274 e. The Labute approximate surface area is 190 Å². The minimum atomic E-state index is -0.154. The number of carbonyl (C=O) groups excluding carboxylic acids is 1. The Morgan fingerprint density at radius 2 is 1.94 bits per heavy atom. The van der Waals surface area contributed by atoms with E-state index in [2.05, 4.69) is 40.6 Å². The molecule has 164 valence electrons. The Morgan fingerprint density at radius 1 is 1.26 bits per heavy atom. The van der Waals surface area contributed by atoms with Gasteiger partial charge in [-0.05, 0) is 38.8 Å². The summed E-state index contributed by atoms with van der Waals surface area (Å²) in [6, 6.07) is 5.88. The van der Waals surface area contributed by atoms with Gasteiger partial charge >= 0.3 is 0 Å². The number of amides is 1. The molecular formula is C22H27N5O2S2. The third-order valence-electron chi connectivity index (χ3n) is 4.89. The van der Waals surface area contributed by atoms with Crippen molar-refractivity contribution in [1.29, 1.82) is 0 Å². The molecule has 1 amide bonds. The molecule has 2 heterocycles. The SMILES string of the molecule is C=CCn1c(SCC(=O)Nc2c(C)cccc2C)nc2nc(N(CC)CC)sc2c1=O. The molecule has 0 aliphatic carbocycles. The number of allylic oxidation sites excluding steroid dienone is 1. The summed E-state index contributed by atoms with van der Waals surface area (Å²) in [5.74, 6) is -0.0142. The quantitative estimate of drug-likeness (QED) is 0.294. The first-order chi connectivity index (χ1) is 14.9. The highest BCUT2D eigenvalue weighted by molar-refractivity contribution is 7.99. The van der Waals surface area contributed by atoms with E-state index in [0.29, 0.717) is 22.0 Å². The van der Waals surface area contributed by atoms with Crippen molar-refractivity contribution in [2.75, 3.05) is 29.1 Å². The van der Waals surface area contributed by atoms with Crippen LogP contribution in [0.3, 0.4) is 0 Å². The monoisotopic (exact) mass is 457 g/mol. The third kappa shape index (κ3) is 4.99. The highest BCUT2D eigenvalue weighted by Gasteiger charge is 2.18. The molecule has 0 aliphatic heterocycles. The van der Waals surface area contributed by atoms with Crippen LogP contribution in [0.1, 0.15) is 25.0 Å². The van der Waals surface area contributed by atoms with E-state index in [4.69, 9.17) is 0 Å². The van der Waals surface area contributed by atoms with E-state index >= 15 is 0 Å². The van der Waals surface area contributed by atoms with Crippen molar-refractivity contribution >= 4 is 50.2 Å². The molecule has 0 spiro atoms. The number of nitrogens with zero attached hydrogens (tertiary/aromatic N) is 4. The molecule has 7 nitrogen and oxygen atoms in total. The first-order valence-electron chi connectivity index (χ1n) is 10.2. The number of aromatic nitrogens is 3. The van der Waals surface area contributed by atoms with Crippen molar-refractivity contribution in [3.8, 4) is 0 Å². The first kappa shape index (κ1) is 23.0. The number of rotatable bonds is 9. The maximum atomic E-state index is 13.1. The zero-order valence-corrected chi connectivity index (χ0v) is 19.9. The van der Waals surface area contributed by atoms with Gasteiger partial charge in [-0.25, -0.2) is 4.98 Å². The fourth-order valence-electron chi connectivity index (χ4n) is 3.22. The molecular weight excluding hydrogens is 430 g/mol. The number of benzene rings is 1. The molecule has 0 fully saturated rings. The number of carbonyl (C=O) groups is 1. The van der Waals surface area contributed by atoms with Crippen LogP contribution in [0.2, 0.25) is 0 Å². The summed E-state index contributed by atoms with van der Waals surface area (Å²) >= 11 is 2.58. The molecule has 31 heavy (non-hydrogen) atoms. The lowest BCUT2D eigenvalue weighted by Crippen LogP contribution is -2.23. The lowest BCUT2D eigenvalue weighted by Gasteiger charge is -2.15. The summed E-state index contributed by atoms with van der Waals surface area (Å²) < 4.78 is 2.07. The molecule has 3 rings (SSSR count). The molecule has 1 aromatic carbocycles. The van der Waals surface area contributed by atoms with Crippen LogP contribution < -0.4 is 15.8 Å². The number of thiazole rings is 1. The Morgan fingerprint density at radius 3 is 2.55 bits per heavy atom. The lowest BCUT2D eigenvalue weighted by atomic mass is 10.1. The molecule has 0 saturated heterocycles. The average molecular weight is 458 g/mol. The molecule has 1 N–H and O–H groups in total. The Balaban J connectivity index is 1.88. The van der Waals surface area contributed by atoms with Crippen LogP contribution in [-0.4, -0.2) is 39.3 Å². The summed E-state index contributed by atoms with van der Waals surface area (Å²) in [6.07, 6.45) is 1.65. The highest BCUT2D eigenvalue weighted by Crippen LogP contribution is 2.27. The van der Waals surface area contributed by atoms with Crippen LogP contribution in [0.25, 0.3) is 10.3 Å². The number of para-hydroxylation sites is 1. The van der Waals surface area contributed by atoms with Crippen LogP contribution in [0.15, 0.2) is 40.8 Å². The van der Waals surface area contributed by atoms with Gasteiger partial charge < -0.3 is 10.2 Å². The number of hydrogen-bond donors (Lipinski definition) is 1. The van der Waals surface area contributed by atoms with Gasteiger partial charge in [0, 0.05) is 25.3 Å². The molecule has 0 unspecified atom stereocenters. The molecule has 3 aromatic rings. The van der Waals surface area contributed by atoms with E-state index in [1.807, 2.05) is 32.0 Å². The molecule has 0 atom stereocenters. The summed E-state index contributed by atoms with van der Waals surface area (Å²) in [7, 11) is 0. The van der Waals surface area contributed by atoms with Crippen molar-refractivity contribution in [2.24, 2.45) is 0 Å². The molecule has 9 heteroatoms. The van der Waals surface area contributed by atoms with E-state index in [0.717, 1.165) is 35.0 Å². The number of thioether (sulfide) groups is 1. The maximum Gasteiger partial charge on any atom is 0.274 e. The number of fused-ring (bicyclic) bond motifs is 1. The van der Waals surface area contributed by atoms with Crippen molar-refractivity contribution in [3.63, 3.8) is 0 Å². The predicted octanol–water partition coefficient (Wildman–Crippen LogP) is 4.23. The van der Waals surface area contributed by atoms with Gasteiger partial charge in [0.25, 0.3) is 5.56 Å². The number of aryl methyl sites for hydroxylation is 2. The highest BCUT2D eigenvalue weighted by atomic mass is 32.2. The summed E-state index contributed by atoms with van der Waals surface area (Å²) in [6.45, 7) is 13.7. The van der Waals surface area contributed by atoms with Crippen molar-refractivity contribution < 1.29 is 4.79 Å². The van der Waals surface area contributed by atoms with Crippen molar-refractivity contribution in [1.82, 2.24) is 14.5 Å². The number of hydrogen-bond acceptors (Lipinski definition) is 7. The topological polar surface area (TPSA) is 80.1 Å². The maximum absolute atomic E-state index is 13.1. The second-order valence-electron chi connectivity index (χ2n) is 7.02. The number of nitrogens with one attached hydrogen (secondary N) is 1. The Bertz CT molecular complexity index is 1140. The average Bonchev–Trinajstić information content (AvgIpc) is 3.17. The van der Waals surface area contributed by atoms with Crippen LogP contribution in [0.4, 0.5) is 10.8 Å². The first-order valence-corrected chi connectivity index (χ1v) is 12.0. The summed E-state index contributed by atoms with van der Waals surface area (Å²) in [4.78, 5) is 37.0. The second-order valence-corrected chi connectivity index (χ2v) is 8.94. The van der Waals surface area contributed by atoms with E-state index in [-0.39, 0.29) is 17.2 Å². The molecule has 0 saturated carbocycles. The Kier molecular flexibility index (Phi) is 7.50. The minimum Gasteiger partial charge on any atom is -0.349 e. The van der Waals surface area contributed by atoms with E-state index in [1.165, 1.54) is 23.1 Å². The normalized spacial score (nSPS) is 11.0. The lowest BCUT2D eigenvalue weighted by molar-refractivity contribution is -0.113. The van der Waals surface area contributed by atoms with E-state index in [1.54, 1.807) is 10.6 Å². The van der Waals surface area contributed by atoms with E-state index in [9.17, 15) is 9.59 Å². The van der Waals surface area contributed by atoms with Gasteiger partial charge in [-0.15, -0.1) is 6.58 Å². The third-order valence-corrected chi connectivity index (χ3v) is 6.96. The largest absolute Gasteiger partial charge is 0.349 e. The van der Waals surface area contributed by atoms with Crippen LogP contribution in [-0.2, 0) is 11.3 Å². The number of anilines is 2. The predicted molar refractivity (Wildman–Crippen MR) is 131 cm³/mol. The Hall–Kier alpha value is -2.65. The van der Waals surface area contributed by atoms with Gasteiger partial charge in [-0.2, -0.15) is 4.98 Å². The van der Waals surface area contributed by atoms with Gasteiger partial charge in [-0.1, -0.05) is 47.4 Å². The fraction of sp³-hybridized carbons (Fsp3) is 0.364. The van der Waals surface area contributed by atoms with Crippen molar-refractivity contribution in [2.45, 2.75) is 39.4 Å². The summed E-state index contributed by atoms with van der Waals surface area (Å²) in [5, 5.41) is 4.22. The standard InChI is InChI=1S/C22H27N5O2S2/c1-6-12-27-20(29)18-19(24-21(31-18)26(7-2)8-3)25-22(27)30-13-16(28)23-17-14(4)10-9-11-15(17)5/h6,9-11H,1,7-8,12-13H2,2-5H3,(H,23,28). The molecule has 2 aromatic heterocycles. The van der Waals surface area contributed by atoms with E-state index < -0.39 is 0 Å². The molecule has 0 radical (unpaired) electrons. The molecule has 0 bridgehead atoms. The van der Waals surface area contributed by atoms with Gasteiger partial charge in [0.05, 0.1) is 5.75 Å². The summed E-state index contributed by atoms with van der Waals surface area (Å²) in [5.41, 5.74) is 3.11. The van der Waals surface area contributed by atoms with Crippen molar-refractivity contribution in [3.05, 3.63) is 52.3 Å². The second kappa shape index (κ2) is 10.1. The van der Waals surface area contributed by atoms with Gasteiger partial charge in [0.1, 0.15) is 4.70 Å². The van der Waals surface area contributed by atoms with Crippen LogP contribution in [0, 0.1) is 13.8 Å². The molecule has 0 aliphatic rings. The van der Waals surface area contributed by atoms with Gasteiger partial charge in [-0.3, -0.25) is 14.2 Å². The zero-order chi connectivity index (χ0) is 22.5. The fourth-order valence-corrected chi connectivity index (χ4v) is 5.10. The minimum absolute atomic E-state index is 0.135. The zero-order valence-electron chi connectivity index (χ0n) is 18.3.